The first-order valence-corrected chi connectivity index (χ1v) is 9.18. The van der Waals surface area contributed by atoms with Crippen molar-refractivity contribution in [1.82, 2.24) is 10.9 Å². The molecule has 7 heteroatoms. The molecule has 0 radical (unpaired) electrons. The van der Waals surface area contributed by atoms with Gasteiger partial charge in [0.15, 0.2) is 0 Å². The molecule has 0 bridgehead atoms. The van der Waals surface area contributed by atoms with E-state index in [1.807, 2.05) is 0 Å². The number of unbranched alkanes of at least 4 members (excludes halogenated alkanes) is 3. The Balaban J connectivity index is 1.84. The van der Waals surface area contributed by atoms with Crippen molar-refractivity contribution < 1.29 is 18.7 Å². The molecular weight excluding hydrogens is 371 g/mol. The van der Waals surface area contributed by atoms with E-state index >= 15 is 0 Å². The van der Waals surface area contributed by atoms with Crippen molar-refractivity contribution in [3.05, 3.63) is 64.4 Å². The van der Waals surface area contributed by atoms with E-state index in [0.717, 1.165) is 18.9 Å². The Labute approximate surface area is 162 Å². The Morgan fingerprint density at radius 1 is 1.00 bits per heavy atom. The summed E-state index contributed by atoms with van der Waals surface area (Å²) in [6, 6.07) is 10.4. The molecule has 144 valence electrons. The number of halogens is 2. The lowest BCUT2D eigenvalue weighted by atomic mass is 10.2. The van der Waals surface area contributed by atoms with Crippen molar-refractivity contribution in [2.45, 2.75) is 32.6 Å². The summed E-state index contributed by atoms with van der Waals surface area (Å²) in [4.78, 5) is 24.1. The van der Waals surface area contributed by atoms with Crippen LogP contribution in [0, 0.1) is 5.82 Å². The largest absolute Gasteiger partial charge is 0.494 e. The average molecular weight is 393 g/mol. The molecule has 0 saturated carbocycles. The molecule has 2 aromatic rings. The first-order valence-electron chi connectivity index (χ1n) is 8.80. The van der Waals surface area contributed by atoms with Gasteiger partial charge in [-0.1, -0.05) is 43.9 Å². The minimum Gasteiger partial charge on any atom is -0.494 e. The highest BCUT2D eigenvalue weighted by atomic mass is 35.5. The molecule has 0 atom stereocenters. The minimum absolute atomic E-state index is 0.0396. The van der Waals surface area contributed by atoms with E-state index in [2.05, 4.69) is 17.8 Å². The van der Waals surface area contributed by atoms with Gasteiger partial charge in [-0.05, 0) is 42.8 Å². The van der Waals surface area contributed by atoms with Gasteiger partial charge in [0.1, 0.15) is 11.6 Å². The number of hydrogen-bond acceptors (Lipinski definition) is 3. The maximum atomic E-state index is 13.7. The average Bonchev–Trinajstić information content (AvgIpc) is 2.66. The predicted molar refractivity (Wildman–Crippen MR) is 102 cm³/mol. The maximum Gasteiger partial charge on any atom is 0.274 e. The van der Waals surface area contributed by atoms with E-state index in [1.165, 1.54) is 25.0 Å². The molecule has 0 aliphatic rings. The summed E-state index contributed by atoms with van der Waals surface area (Å²) in [5.41, 5.74) is 4.39. The van der Waals surface area contributed by atoms with Gasteiger partial charge in [0, 0.05) is 5.56 Å². The van der Waals surface area contributed by atoms with Gasteiger partial charge in [-0.3, -0.25) is 20.4 Å². The van der Waals surface area contributed by atoms with Gasteiger partial charge in [-0.25, -0.2) is 4.39 Å². The van der Waals surface area contributed by atoms with Gasteiger partial charge in [0.25, 0.3) is 11.8 Å². The molecule has 0 saturated heterocycles. The summed E-state index contributed by atoms with van der Waals surface area (Å²) < 4.78 is 19.3. The van der Waals surface area contributed by atoms with Crippen molar-refractivity contribution in [2.24, 2.45) is 0 Å². The molecule has 5 nitrogen and oxygen atoms in total. The van der Waals surface area contributed by atoms with E-state index in [0.29, 0.717) is 17.9 Å². The fraction of sp³-hybridized carbons (Fsp3) is 0.300. The molecule has 2 amide bonds. The van der Waals surface area contributed by atoms with E-state index in [1.54, 1.807) is 24.3 Å². The highest BCUT2D eigenvalue weighted by Gasteiger charge is 2.16. The lowest BCUT2D eigenvalue weighted by Gasteiger charge is -2.10. The van der Waals surface area contributed by atoms with Crippen LogP contribution in [0.4, 0.5) is 4.39 Å². The summed E-state index contributed by atoms with van der Waals surface area (Å²) in [6.07, 6.45) is 4.47. The lowest BCUT2D eigenvalue weighted by molar-refractivity contribution is 0.0844. The SMILES string of the molecule is CCCCCCOc1ccc(C(=O)NNC(=O)c2c(F)cccc2Cl)cc1. The van der Waals surface area contributed by atoms with Crippen molar-refractivity contribution in [2.75, 3.05) is 6.61 Å². The fourth-order valence-electron chi connectivity index (χ4n) is 2.38. The molecule has 0 heterocycles. The third kappa shape index (κ3) is 6.25. The van der Waals surface area contributed by atoms with Gasteiger partial charge in [-0.15, -0.1) is 0 Å². The third-order valence-corrected chi connectivity index (χ3v) is 4.18. The topological polar surface area (TPSA) is 67.4 Å². The first-order chi connectivity index (χ1) is 13.0. The van der Waals surface area contributed by atoms with E-state index in [4.69, 9.17) is 16.3 Å². The minimum atomic E-state index is -0.835. The number of nitrogens with one attached hydrogen (secondary N) is 2. The first kappa shape index (κ1) is 20.7. The number of hydrazine groups is 1. The Morgan fingerprint density at radius 3 is 2.37 bits per heavy atom. The zero-order valence-electron chi connectivity index (χ0n) is 15.1. The molecule has 0 spiro atoms. The summed E-state index contributed by atoms with van der Waals surface area (Å²) >= 11 is 5.82. The van der Waals surface area contributed by atoms with Gasteiger partial charge in [0.2, 0.25) is 0 Å². The second-order valence-corrected chi connectivity index (χ2v) is 6.35. The van der Waals surface area contributed by atoms with Crippen LogP contribution in [0.25, 0.3) is 0 Å². The fourth-order valence-corrected chi connectivity index (χ4v) is 2.63. The van der Waals surface area contributed by atoms with Crippen molar-refractivity contribution >= 4 is 23.4 Å². The number of rotatable bonds is 8. The number of ether oxygens (including phenoxy) is 1. The highest BCUT2D eigenvalue weighted by molar-refractivity contribution is 6.33. The Morgan fingerprint density at radius 2 is 1.70 bits per heavy atom. The Hall–Kier alpha value is -2.60. The van der Waals surface area contributed by atoms with Gasteiger partial charge in [0.05, 0.1) is 17.2 Å². The summed E-state index contributed by atoms with van der Waals surface area (Å²) in [5, 5.41) is -0.0396. The summed E-state index contributed by atoms with van der Waals surface area (Å²) in [5.74, 6) is -1.47. The van der Waals surface area contributed by atoms with Crippen molar-refractivity contribution in [3.63, 3.8) is 0 Å². The molecule has 0 aromatic heterocycles. The van der Waals surface area contributed by atoms with Crippen LogP contribution in [0.5, 0.6) is 5.75 Å². The second kappa shape index (κ2) is 10.5. The van der Waals surface area contributed by atoms with Crippen LogP contribution in [-0.4, -0.2) is 18.4 Å². The number of hydrogen-bond donors (Lipinski definition) is 2. The highest BCUT2D eigenvalue weighted by Crippen LogP contribution is 2.18. The monoisotopic (exact) mass is 392 g/mol. The molecule has 27 heavy (non-hydrogen) atoms. The Bertz CT molecular complexity index is 761. The summed E-state index contributed by atoms with van der Waals surface area (Å²) in [7, 11) is 0. The molecule has 2 aromatic carbocycles. The maximum absolute atomic E-state index is 13.7. The molecule has 0 aliphatic heterocycles. The van der Waals surface area contributed by atoms with Crippen LogP contribution in [0.15, 0.2) is 42.5 Å². The second-order valence-electron chi connectivity index (χ2n) is 5.94. The van der Waals surface area contributed by atoms with Crippen LogP contribution in [-0.2, 0) is 0 Å². The smallest absolute Gasteiger partial charge is 0.274 e. The van der Waals surface area contributed by atoms with E-state index in [9.17, 15) is 14.0 Å². The van der Waals surface area contributed by atoms with Gasteiger partial charge < -0.3 is 4.74 Å². The van der Waals surface area contributed by atoms with Crippen LogP contribution in [0.2, 0.25) is 5.02 Å². The standard InChI is InChI=1S/C20H22ClFN2O3/c1-2-3-4-5-13-27-15-11-9-14(10-12-15)19(25)23-24-20(26)18-16(21)7-6-8-17(18)22/h6-12H,2-5,13H2,1H3,(H,23,25)(H,24,26). The van der Waals surface area contributed by atoms with Gasteiger partial charge in [-0.2, -0.15) is 0 Å². The van der Waals surface area contributed by atoms with E-state index in [-0.39, 0.29) is 10.6 Å². The lowest BCUT2D eigenvalue weighted by Crippen LogP contribution is -2.42. The van der Waals surface area contributed by atoms with Crippen LogP contribution in [0.3, 0.4) is 0 Å². The Kier molecular flexibility index (Phi) is 8.07. The quantitative estimate of drug-likeness (QED) is 0.513. The third-order valence-electron chi connectivity index (χ3n) is 3.86. The number of carbonyl (C=O) groups excluding carboxylic acids is 2. The zero-order chi connectivity index (χ0) is 19.6. The molecule has 2 N–H and O–H groups in total. The molecule has 0 unspecified atom stereocenters. The van der Waals surface area contributed by atoms with Crippen LogP contribution in [0.1, 0.15) is 53.3 Å². The van der Waals surface area contributed by atoms with Crippen molar-refractivity contribution in [1.29, 1.82) is 0 Å². The number of benzene rings is 2. The predicted octanol–water partition coefficient (Wildman–Crippen LogP) is 4.51. The zero-order valence-corrected chi connectivity index (χ0v) is 15.8. The van der Waals surface area contributed by atoms with E-state index < -0.39 is 17.6 Å². The molecular formula is C20H22ClFN2O3. The van der Waals surface area contributed by atoms with Crippen LogP contribution >= 0.6 is 11.6 Å². The van der Waals surface area contributed by atoms with Crippen LogP contribution < -0.4 is 15.6 Å². The number of amides is 2. The normalized spacial score (nSPS) is 10.3. The van der Waals surface area contributed by atoms with Gasteiger partial charge >= 0.3 is 0 Å². The molecule has 0 aliphatic carbocycles. The summed E-state index contributed by atoms with van der Waals surface area (Å²) in [6.45, 7) is 2.78. The van der Waals surface area contributed by atoms with Crippen molar-refractivity contribution in [3.8, 4) is 5.75 Å². The molecule has 2 rings (SSSR count). The molecule has 0 fully saturated rings. The number of carbonyl (C=O) groups is 2.